The molecule has 18 unspecified atom stereocenters. The van der Waals surface area contributed by atoms with Crippen molar-refractivity contribution in [2.24, 2.45) is 0 Å². The highest BCUT2D eigenvalue weighted by atomic mass is 31.2. The summed E-state index contributed by atoms with van der Waals surface area (Å²) >= 11 is 0. The summed E-state index contributed by atoms with van der Waals surface area (Å²) in [5.74, 6) is -2.99. The standard InChI is InChI=1S/C91H165O25P/c1-5-9-13-17-21-25-29-33-36-40-44-48-52-56-60-64-75(94)108-70-73-79(98)81(100)85(104)91(112-73)115-88-86(113-77(96)66-62-58-54-50-46-42-38-35-31-27-23-19-15-11-7-3)82(101)83(102)87(114-90-84(103)80(99)78(97)72(67-92)111-90)89(88)116-117(105,106)109-69-71(68-107-74(93)63-59-55-51-47-43-39-32-28-24-20-16-12-8-4)110-76(95)65-61-57-53-49-45-41-37-34-30-26-22-18-14-10-6-2/h25,27,29,31,39,43,71-73,78-92,97-104H,5-24,26,28,30,32-38,40-42,44-70H2,1-4H3,(H,105,106)/b29-25-,31-27-,43-39-. The van der Waals surface area contributed by atoms with Crippen molar-refractivity contribution >= 4 is 31.7 Å². The van der Waals surface area contributed by atoms with Crippen LogP contribution in [-0.4, -0.2) is 205 Å². The van der Waals surface area contributed by atoms with Gasteiger partial charge in [0.05, 0.1) is 13.2 Å². The van der Waals surface area contributed by atoms with Gasteiger partial charge in [-0.3, -0.25) is 28.2 Å². The van der Waals surface area contributed by atoms with E-state index < -0.39 is 162 Å². The molecule has 3 fully saturated rings. The lowest BCUT2D eigenvalue weighted by Gasteiger charge is -2.50. The van der Waals surface area contributed by atoms with Crippen molar-refractivity contribution in [2.45, 2.75) is 491 Å². The number of aliphatic hydroxyl groups is 9. The maximum atomic E-state index is 14.9. The smallest absolute Gasteiger partial charge is 0.463 e. The SMILES string of the molecule is CCCCCC/C=C\CCCCCCCCCC(=O)OCC1OC(OC2C(OC(=O)CCCCCCCCC/C=C\CCCCCC)C(O)C(O)C(OC3OC(CO)C(O)C(O)C3O)C2OP(=O)(O)OCC(COC(=O)CCCCC/C=C\CCCCCCCC)OC(=O)CCCCCCCCCCCCCCCCC)C(O)C(O)C1O. The van der Waals surface area contributed by atoms with Crippen molar-refractivity contribution in [3.8, 4) is 0 Å². The molecule has 25 nitrogen and oxygen atoms in total. The fourth-order valence-corrected chi connectivity index (χ4v) is 16.1. The fourth-order valence-electron chi connectivity index (χ4n) is 15.1. The Morgan fingerprint density at radius 1 is 0.333 bits per heavy atom. The molecule has 117 heavy (non-hydrogen) atoms. The van der Waals surface area contributed by atoms with Gasteiger partial charge in [0, 0.05) is 25.7 Å². The first kappa shape index (κ1) is 108. The quantitative estimate of drug-likeness (QED) is 0.00889. The minimum Gasteiger partial charge on any atom is -0.463 e. The zero-order valence-corrected chi connectivity index (χ0v) is 73.6. The molecule has 1 saturated carbocycles. The summed E-state index contributed by atoms with van der Waals surface area (Å²) < 4.78 is 73.4. The molecule has 0 amide bonds. The van der Waals surface area contributed by atoms with E-state index in [4.69, 9.17) is 46.9 Å². The Labute approximate surface area is 704 Å². The molecule has 0 bridgehead atoms. The van der Waals surface area contributed by atoms with Crippen LogP contribution in [0.15, 0.2) is 36.5 Å². The normalized spacial score (nSPS) is 25.2. The predicted molar refractivity (Wildman–Crippen MR) is 453 cm³/mol. The van der Waals surface area contributed by atoms with Gasteiger partial charge in [0.2, 0.25) is 0 Å². The first-order valence-electron chi connectivity index (χ1n) is 46.7. The third-order valence-electron chi connectivity index (χ3n) is 22.6. The van der Waals surface area contributed by atoms with Crippen LogP contribution >= 0.6 is 7.82 Å². The number of ether oxygens (including phenoxy) is 8. The molecule has 2 heterocycles. The van der Waals surface area contributed by atoms with Crippen molar-refractivity contribution in [3.05, 3.63) is 36.5 Å². The summed E-state index contributed by atoms with van der Waals surface area (Å²) in [6.45, 7) is 5.54. The Hall–Kier alpha value is -3.31. The summed E-state index contributed by atoms with van der Waals surface area (Å²) in [6.07, 6.45) is 31.4. The van der Waals surface area contributed by atoms with E-state index in [0.29, 0.717) is 32.1 Å². The summed E-state index contributed by atoms with van der Waals surface area (Å²) in [7, 11) is -5.81. The van der Waals surface area contributed by atoms with E-state index in [1.165, 1.54) is 141 Å². The number of phosphoric ester groups is 1. The van der Waals surface area contributed by atoms with Crippen LogP contribution < -0.4 is 0 Å². The second-order valence-corrected chi connectivity index (χ2v) is 34.6. The Balaban J connectivity index is 1.92. The molecule has 3 rings (SSSR count). The second-order valence-electron chi connectivity index (χ2n) is 33.2. The van der Waals surface area contributed by atoms with Crippen LogP contribution in [0.5, 0.6) is 0 Å². The van der Waals surface area contributed by atoms with Crippen LogP contribution in [0.1, 0.15) is 387 Å². The van der Waals surface area contributed by atoms with E-state index in [1.54, 1.807) is 0 Å². The average molecular weight is 1690 g/mol. The van der Waals surface area contributed by atoms with E-state index >= 15 is 0 Å². The van der Waals surface area contributed by atoms with Crippen LogP contribution in [0.2, 0.25) is 0 Å². The van der Waals surface area contributed by atoms with Crippen LogP contribution in [0.25, 0.3) is 0 Å². The molecule has 0 aromatic carbocycles. The van der Waals surface area contributed by atoms with Crippen LogP contribution in [0.4, 0.5) is 0 Å². The van der Waals surface area contributed by atoms with Crippen LogP contribution in [0.3, 0.4) is 0 Å². The van der Waals surface area contributed by atoms with Crippen molar-refractivity contribution < 1.29 is 122 Å². The molecule has 684 valence electrons. The average Bonchev–Trinajstić information content (AvgIpc) is 0.754. The lowest BCUT2D eigenvalue weighted by atomic mass is 9.84. The zero-order chi connectivity index (χ0) is 85.4. The minimum atomic E-state index is -5.81. The van der Waals surface area contributed by atoms with Gasteiger partial charge >= 0.3 is 31.7 Å². The maximum Gasteiger partial charge on any atom is 0.472 e. The van der Waals surface area contributed by atoms with Crippen LogP contribution in [-0.2, 0) is 70.7 Å². The number of phosphoric acid groups is 1. The summed E-state index contributed by atoms with van der Waals surface area (Å²) in [5, 5.41) is 102. The van der Waals surface area contributed by atoms with Gasteiger partial charge in [0.1, 0.15) is 92.6 Å². The summed E-state index contributed by atoms with van der Waals surface area (Å²) in [6, 6.07) is 0. The molecule has 1 aliphatic carbocycles. The molecule has 18 atom stereocenters. The van der Waals surface area contributed by atoms with Gasteiger partial charge in [-0.15, -0.1) is 0 Å². The number of rotatable bonds is 75. The van der Waals surface area contributed by atoms with Gasteiger partial charge in [-0.1, -0.05) is 295 Å². The molecular weight excluding hydrogens is 1520 g/mol. The van der Waals surface area contributed by atoms with E-state index in [9.17, 15) is 74.6 Å². The van der Waals surface area contributed by atoms with Crippen molar-refractivity contribution in [1.29, 1.82) is 0 Å². The van der Waals surface area contributed by atoms with Gasteiger partial charge < -0.3 is 88.7 Å². The number of allylic oxidation sites excluding steroid dienone is 6. The fraction of sp³-hybridized carbons (Fsp3) is 0.890. The number of carbonyl (C=O) groups is 4. The first-order valence-corrected chi connectivity index (χ1v) is 48.2. The number of hydrogen-bond acceptors (Lipinski definition) is 24. The molecule has 0 spiro atoms. The van der Waals surface area contributed by atoms with E-state index in [1.807, 2.05) is 0 Å². The first-order chi connectivity index (χ1) is 56.7. The maximum absolute atomic E-state index is 14.9. The van der Waals surface area contributed by atoms with E-state index in [2.05, 4.69) is 64.2 Å². The molecule has 0 radical (unpaired) electrons. The summed E-state index contributed by atoms with van der Waals surface area (Å²) in [4.78, 5) is 66.4. The van der Waals surface area contributed by atoms with E-state index in [-0.39, 0.29) is 25.7 Å². The van der Waals surface area contributed by atoms with Crippen molar-refractivity contribution in [3.63, 3.8) is 0 Å². The lowest BCUT2D eigenvalue weighted by Crippen LogP contribution is -2.70. The summed E-state index contributed by atoms with van der Waals surface area (Å²) in [5.41, 5.74) is 0. The zero-order valence-electron chi connectivity index (χ0n) is 72.7. The Bertz CT molecular complexity index is 2580. The lowest BCUT2D eigenvalue weighted by molar-refractivity contribution is -0.360. The largest absolute Gasteiger partial charge is 0.472 e. The number of aliphatic hydroxyl groups excluding tert-OH is 9. The number of hydrogen-bond donors (Lipinski definition) is 10. The van der Waals surface area contributed by atoms with Crippen molar-refractivity contribution in [2.75, 3.05) is 26.4 Å². The molecular formula is C91H165O25P. The number of unbranched alkanes of at least 4 members (excludes halogenated alkanes) is 45. The molecule has 2 saturated heterocycles. The topological polar surface area (TPSA) is 380 Å². The van der Waals surface area contributed by atoms with Crippen molar-refractivity contribution in [1.82, 2.24) is 0 Å². The molecule has 2 aliphatic heterocycles. The molecule has 10 N–H and O–H groups in total. The predicted octanol–water partition coefficient (Wildman–Crippen LogP) is 17.1. The molecule has 3 aliphatic rings. The van der Waals surface area contributed by atoms with Gasteiger partial charge in [-0.05, 0) is 103 Å². The monoisotopic (exact) mass is 1690 g/mol. The van der Waals surface area contributed by atoms with Gasteiger partial charge in [0.15, 0.2) is 24.8 Å². The highest BCUT2D eigenvalue weighted by Gasteiger charge is 2.60. The number of esters is 4. The van der Waals surface area contributed by atoms with Gasteiger partial charge in [-0.25, -0.2) is 4.57 Å². The third-order valence-corrected chi connectivity index (χ3v) is 23.6. The Kier molecular flexibility index (Phi) is 64.6. The Morgan fingerprint density at radius 3 is 1.03 bits per heavy atom. The number of carbonyl (C=O) groups excluding carboxylic acids is 4. The highest BCUT2D eigenvalue weighted by Crippen LogP contribution is 2.49. The Morgan fingerprint density at radius 2 is 0.641 bits per heavy atom. The molecule has 0 aromatic heterocycles. The minimum absolute atomic E-state index is 0.00754. The van der Waals surface area contributed by atoms with Gasteiger partial charge in [-0.2, -0.15) is 0 Å². The van der Waals surface area contributed by atoms with Crippen LogP contribution in [0, 0.1) is 0 Å². The third kappa shape index (κ3) is 50.3. The molecule has 0 aromatic rings. The van der Waals surface area contributed by atoms with Gasteiger partial charge in [0.25, 0.3) is 0 Å². The second kappa shape index (κ2) is 70.0. The van der Waals surface area contributed by atoms with E-state index in [0.717, 1.165) is 161 Å². The highest BCUT2D eigenvalue weighted by molar-refractivity contribution is 7.47. The molecule has 26 heteroatoms.